The van der Waals surface area contributed by atoms with Crippen LogP contribution in [0.1, 0.15) is 67.2 Å². The van der Waals surface area contributed by atoms with Crippen molar-refractivity contribution >= 4 is 0 Å². The fourth-order valence-corrected chi connectivity index (χ4v) is 3.18. The first kappa shape index (κ1) is 14.3. The summed E-state index contributed by atoms with van der Waals surface area (Å²) >= 11 is 0. The topological polar surface area (TPSA) is 18.5 Å². The van der Waals surface area contributed by atoms with Crippen LogP contribution < -0.4 is 0 Å². The number of ether oxygens (including phenoxy) is 2. The summed E-state index contributed by atoms with van der Waals surface area (Å²) in [6.07, 6.45) is 5.23. The van der Waals surface area contributed by atoms with Gasteiger partial charge in [0.2, 0.25) is 0 Å². The van der Waals surface area contributed by atoms with Gasteiger partial charge in [0.15, 0.2) is 5.79 Å². The van der Waals surface area contributed by atoms with E-state index in [0.29, 0.717) is 10.8 Å². The zero-order valence-electron chi connectivity index (χ0n) is 13.1. The van der Waals surface area contributed by atoms with Crippen LogP contribution in [-0.2, 0) is 9.47 Å². The van der Waals surface area contributed by atoms with Crippen molar-refractivity contribution in [3.63, 3.8) is 0 Å². The minimum Gasteiger partial charge on any atom is -0.350 e. The lowest BCUT2D eigenvalue weighted by atomic mass is 9.55. The van der Waals surface area contributed by atoms with Gasteiger partial charge < -0.3 is 9.47 Å². The molecule has 2 fully saturated rings. The Bertz CT molecular complexity index is 265. The van der Waals surface area contributed by atoms with Crippen LogP contribution in [0.15, 0.2) is 0 Å². The maximum absolute atomic E-state index is 5.93. The molecule has 0 N–H and O–H groups in total. The molecule has 0 radical (unpaired) electrons. The van der Waals surface area contributed by atoms with E-state index >= 15 is 0 Å². The van der Waals surface area contributed by atoms with E-state index in [4.69, 9.17) is 9.47 Å². The highest BCUT2D eigenvalue weighted by Gasteiger charge is 2.51. The second-order valence-corrected chi connectivity index (χ2v) is 8.26. The van der Waals surface area contributed by atoms with Gasteiger partial charge in [0.25, 0.3) is 0 Å². The fraction of sp³-hybridized carbons (Fsp3) is 1.00. The molecule has 1 saturated carbocycles. The Morgan fingerprint density at radius 3 is 1.50 bits per heavy atom. The molecule has 1 aliphatic heterocycles. The molecule has 0 aromatic carbocycles. The van der Waals surface area contributed by atoms with Crippen LogP contribution in [-0.4, -0.2) is 19.0 Å². The Balaban J connectivity index is 2.07. The Morgan fingerprint density at radius 1 is 0.611 bits per heavy atom. The van der Waals surface area contributed by atoms with Gasteiger partial charge >= 0.3 is 0 Å². The Hall–Kier alpha value is -0.0800. The molecular formula is C16H30O2. The second-order valence-electron chi connectivity index (χ2n) is 8.26. The average Bonchev–Trinajstić information content (AvgIpc) is 2.27. The highest BCUT2D eigenvalue weighted by atomic mass is 16.7. The van der Waals surface area contributed by atoms with Crippen molar-refractivity contribution in [2.45, 2.75) is 73.0 Å². The molecule has 0 atom stereocenters. The summed E-state index contributed by atoms with van der Waals surface area (Å²) in [5.41, 5.74) is 1.05. The summed E-state index contributed by atoms with van der Waals surface area (Å²) in [6, 6.07) is 0. The molecule has 2 aliphatic rings. The van der Waals surface area contributed by atoms with Gasteiger partial charge in [-0.15, -0.1) is 0 Å². The Kier molecular flexibility index (Phi) is 3.35. The summed E-state index contributed by atoms with van der Waals surface area (Å²) in [6.45, 7) is 15.3. The number of rotatable bonds is 1. The summed E-state index contributed by atoms with van der Waals surface area (Å²) in [4.78, 5) is 0. The third-order valence-electron chi connectivity index (χ3n) is 5.64. The molecule has 0 amide bonds. The molecule has 0 aromatic heterocycles. The lowest BCUT2D eigenvalue weighted by Gasteiger charge is -2.55. The highest BCUT2D eigenvalue weighted by Crippen LogP contribution is 2.55. The molecule has 1 aliphatic carbocycles. The van der Waals surface area contributed by atoms with E-state index < -0.39 is 5.79 Å². The van der Waals surface area contributed by atoms with Crippen LogP contribution in [0.3, 0.4) is 0 Å². The predicted molar refractivity (Wildman–Crippen MR) is 74.4 cm³/mol. The van der Waals surface area contributed by atoms with Crippen molar-refractivity contribution in [2.75, 3.05) is 13.2 Å². The first-order chi connectivity index (χ1) is 8.08. The fourth-order valence-electron chi connectivity index (χ4n) is 3.18. The zero-order valence-corrected chi connectivity index (χ0v) is 13.1. The Morgan fingerprint density at radius 2 is 1.06 bits per heavy atom. The van der Waals surface area contributed by atoms with Gasteiger partial charge in [-0.3, -0.25) is 0 Å². The van der Waals surface area contributed by atoms with Gasteiger partial charge in [-0.25, -0.2) is 0 Å². The van der Waals surface area contributed by atoms with Gasteiger partial charge in [-0.1, -0.05) is 27.7 Å². The van der Waals surface area contributed by atoms with Gasteiger partial charge in [-0.2, -0.15) is 0 Å². The first-order valence-corrected chi connectivity index (χ1v) is 7.36. The minimum absolute atomic E-state index is 0.166. The summed E-state index contributed by atoms with van der Waals surface area (Å²) < 4.78 is 11.9. The average molecular weight is 254 g/mol. The number of hydrogen-bond donors (Lipinski definition) is 0. The van der Waals surface area contributed by atoms with Gasteiger partial charge in [0, 0.05) is 5.41 Å². The van der Waals surface area contributed by atoms with E-state index in [0.717, 1.165) is 13.2 Å². The van der Waals surface area contributed by atoms with Crippen LogP contribution in [0.25, 0.3) is 0 Å². The highest BCUT2D eigenvalue weighted by molar-refractivity contribution is 4.98. The SMILES string of the molecule is CC1(C)CCC(C)(C2(C)COC(C)(C)OC2)CC1. The van der Waals surface area contributed by atoms with Crippen molar-refractivity contribution < 1.29 is 9.47 Å². The normalized spacial score (nSPS) is 33.0. The van der Waals surface area contributed by atoms with Crippen LogP contribution in [0.4, 0.5) is 0 Å². The van der Waals surface area contributed by atoms with E-state index in [-0.39, 0.29) is 5.41 Å². The van der Waals surface area contributed by atoms with Crippen LogP contribution in [0, 0.1) is 16.2 Å². The van der Waals surface area contributed by atoms with E-state index in [1.807, 2.05) is 13.8 Å². The zero-order chi connectivity index (χ0) is 13.7. The molecule has 106 valence electrons. The maximum Gasteiger partial charge on any atom is 0.162 e. The molecular weight excluding hydrogens is 224 g/mol. The van der Waals surface area contributed by atoms with Crippen LogP contribution in [0.5, 0.6) is 0 Å². The van der Waals surface area contributed by atoms with E-state index in [1.54, 1.807) is 0 Å². The predicted octanol–water partition coefficient (Wildman–Crippen LogP) is 4.38. The van der Waals surface area contributed by atoms with Gasteiger partial charge in [0.1, 0.15) is 0 Å². The van der Waals surface area contributed by atoms with Gasteiger partial charge in [-0.05, 0) is 50.4 Å². The van der Waals surface area contributed by atoms with Crippen molar-refractivity contribution in [3.05, 3.63) is 0 Å². The molecule has 18 heavy (non-hydrogen) atoms. The third kappa shape index (κ3) is 2.60. The standard InChI is InChI=1S/C16H30O2/c1-13(2)7-9-15(5,10-8-13)16(6)11-17-14(3,4)18-12-16/h7-12H2,1-6H3. The molecule has 1 heterocycles. The molecule has 2 heteroatoms. The van der Waals surface area contributed by atoms with E-state index in [1.165, 1.54) is 25.7 Å². The first-order valence-electron chi connectivity index (χ1n) is 7.36. The minimum atomic E-state index is -0.399. The molecule has 0 aromatic rings. The summed E-state index contributed by atoms with van der Waals surface area (Å²) in [5.74, 6) is -0.399. The monoisotopic (exact) mass is 254 g/mol. The quantitative estimate of drug-likeness (QED) is 0.691. The molecule has 2 rings (SSSR count). The van der Waals surface area contributed by atoms with Crippen LogP contribution in [0.2, 0.25) is 0 Å². The van der Waals surface area contributed by atoms with Crippen molar-refractivity contribution in [3.8, 4) is 0 Å². The smallest absolute Gasteiger partial charge is 0.162 e. The lowest BCUT2D eigenvalue weighted by Crippen LogP contribution is -2.54. The van der Waals surface area contributed by atoms with Crippen molar-refractivity contribution in [1.82, 2.24) is 0 Å². The second kappa shape index (κ2) is 4.21. The molecule has 0 spiro atoms. The van der Waals surface area contributed by atoms with E-state index in [9.17, 15) is 0 Å². The molecule has 2 nitrogen and oxygen atoms in total. The van der Waals surface area contributed by atoms with Crippen LogP contribution >= 0.6 is 0 Å². The maximum atomic E-state index is 5.93. The van der Waals surface area contributed by atoms with Crippen molar-refractivity contribution in [2.24, 2.45) is 16.2 Å². The molecule has 0 unspecified atom stereocenters. The molecule has 1 saturated heterocycles. The lowest BCUT2D eigenvalue weighted by molar-refractivity contribution is -0.303. The van der Waals surface area contributed by atoms with E-state index in [2.05, 4.69) is 27.7 Å². The number of hydrogen-bond acceptors (Lipinski definition) is 2. The van der Waals surface area contributed by atoms with Crippen molar-refractivity contribution in [1.29, 1.82) is 0 Å². The molecule has 0 bridgehead atoms. The van der Waals surface area contributed by atoms with Gasteiger partial charge in [0.05, 0.1) is 13.2 Å². The third-order valence-corrected chi connectivity index (χ3v) is 5.64. The summed E-state index contributed by atoms with van der Waals surface area (Å²) in [7, 11) is 0. The summed E-state index contributed by atoms with van der Waals surface area (Å²) in [5, 5.41) is 0. The Labute approximate surface area is 112 Å². The largest absolute Gasteiger partial charge is 0.350 e.